The van der Waals surface area contributed by atoms with Gasteiger partial charge in [0, 0.05) is 6.54 Å². The highest BCUT2D eigenvalue weighted by molar-refractivity contribution is 7.08. The van der Waals surface area contributed by atoms with Crippen LogP contribution in [0, 0.1) is 6.92 Å². The SMILES string of the molecule is Cc1nnsc1C(=O)N1CCCC1(C)C(=O)O. The van der Waals surface area contributed by atoms with Crippen molar-refractivity contribution in [3.05, 3.63) is 10.6 Å². The van der Waals surface area contributed by atoms with Crippen molar-refractivity contribution < 1.29 is 14.7 Å². The molecular formula is C10H13N3O3S. The van der Waals surface area contributed by atoms with Crippen LogP contribution in [-0.2, 0) is 4.79 Å². The zero-order valence-corrected chi connectivity index (χ0v) is 10.5. The van der Waals surface area contributed by atoms with Gasteiger partial charge in [-0.2, -0.15) is 0 Å². The third kappa shape index (κ3) is 1.80. The predicted molar refractivity (Wildman–Crippen MR) is 61.0 cm³/mol. The third-order valence-electron chi connectivity index (χ3n) is 3.19. The number of carboxylic acid groups (broad SMARTS) is 1. The number of aryl methyl sites for hydroxylation is 1. The van der Waals surface area contributed by atoms with Gasteiger partial charge < -0.3 is 10.0 Å². The van der Waals surface area contributed by atoms with Crippen LogP contribution in [-0.4, -0.2) is 43.6 Å². The first kappa shape index (κ1) is 12.0. The zero-order valence-electron chi connectivity index (χ0n) is 9.63. The van der Waals surface area contributed by atoms with Crippen LogP contribution in [0.4, 0.5) is 0 Å². The second kappa shape index (κ2) is 4.06. The fourth-order valence-electron chi connectivity index (χ4n) is 2.06. The highest BCUT2D eigenvalue weighted by atomic mass is 32.1. The predicted octanol–water partition coefficient (Wildman–Crippen LogP) is 0.926. The van der Waals surface area contributed by atoms with Crippen molar-refractivity contribution in [2.45, 2.75) is 32.2 Å². The maximum Gasteiger partial charge on any atom is 0.329 e. The van der Waals surface area contributed by atoms with Crippen LogP contribution >= 0.6 is 11.5 Å². The molecule has 0 bridgehead atoms. The van der Waals surface area contributed by atoms with E-state index in [-0.39, 0.29) is 5.91 Å². The number of aliphatic carboxylic acids is 1. The van der Waals surface area contributed by atoms with Crippen LogP contribution < -0.4 is 0 Å². The Morgan fingerprint density at radius 2 is 2.24 bits per heavy atom. The second-order valence-electron chi connectivity index (χ2n) is 4.33. The van der Waals surface area contributed by atoms with Gasteiger partial charge in [0.1, 0.15) is 10.4 Å². The molecule has 1 N–H and O–H groups in total. The van der Waals surface area contributed by atoms with E-state index in [4.69, 9.17) is 0 Å². The lowest BCUT2D eigenvalue weighted by atomic mass is 9.99. The monoisotopic (exact) mass is 255 g/mol. The number of carbonyl (C=O) groups excluding carboxylic acids is 1. The molecule has 1 amide bonds. The molecule has 6 nitrogen and oxygen atoms in total. The standard InChI is InChI=1S/C10H13N3O3S/c1-6-7(17-12-11-6)8(14)13-5-3-4-10(13,2)9(15)16/h3-5H2,1-2H3,(H,15,16). The van der Waals surface area contributed by atoms with Crippen LogP contribution in [0.1, 0.15) is 35.1 Å². The molecule has 1 saturated heterocycles. The van der Waals surface area contributed by atoms with Crippen LogP contribution in [0.5, 0.6) is 0 Å². The summed E-state index contributed by atoms with van der Waals surface area (Å²) in [5.74, 6) is -1.24. The number of carbonyl (C=O) groups is 2. The molecule has 0 radical (unpaired) electrons. The van der Waals surface area contributed by atoms with E-state index in [0.717, 1.165) is 11.5 Å². The number of nitrogens with zero attached hydrogens (tertiary/aromatic N) is 3. The Kier molecular flexibility index (Phi) is 2.86. The molecule has 2 heterocycles. The number of carboxylic acids is 1. The summed E-state index contributed by atoms with van der Waals surface area (Å²) >= 11 is 1.01. The van der Waals surface area contributed by atoms with Gasteiger partial charge >= 0.3 is 5.97 Å². The lowest BCUT2D eigenvalue weighted by molar-refractivity contribution is -0.147. The number of likely N-dealkylation sites (tertiary alicyclic amines) is 1. The molecule has 0 aliphatic carbocycles. The van der Waals surface area contributed by atoms with E-state index in [0.29, 0.717) is 30.0 Å². The van der Waals surface area contributed by atoms with E-state index in [1.165, 1.54) is 4.90 Å². The van der Waals surface area contributed by atoms with Gasteiger partial charge in [-0.1, -0.05) is 4.49 Å². The maximum atomic E-state index is 12.2. The first-order chi connectivity index (χ1) is 7.97. The van der Waals surface area contributed by atoms with Gasteiger partial charge in [-0.05, 0) is 38.2 Å². The molecule has 1 aromatic rings. The van der Waals surface area contributed by atoms with Crippen molar-refractivity contribution in [2.75, 3.05) is 6.54 Å². The first-order valence-corrected chi connectivity index (χ1v) is 6.08. The topological polar surface area (TPSA) is 83.4 Å². The quantitative estimate of drug-likeness (QED) is 0.849. The van der Waals surface area contributed by atoms with Gasteiger partial charge in [0.05, 0.1) is 5.69 Å². The van der Waals surface area contributed by atoms with Gasteiger partial charge in [0.2, 0.25) is 0 Å². The fraction of sp³-hybridized carbons (Fsp3) is 0.600. The van der Waals surface area contributed by atoms with Crippen molar-refractivity contribution in [3.63, 3.8) is 0 Å². The molecule has 1 fully saturated rings. The third-order valence-corrected chi connectivity index (χ3v) is 4.01. The van der Waals surface area contributed by atoms with Crippen LogP contribution in [0.3, 0.4) is 0 Å². The molecule has 1 aliphatic rings. The Morgan fingerprint density at radius 1 is 1.53 bits per heavy atom. The minimum Gasteiger partial charge on any atom is -0.480 e. The Morgan fingerprint density at radius 3 is 2.76 bits per heavy atom. The maximum absolute atomic E-state index is 12.2. The number of hydrogen-bond acceptors (Lipinski definition) is 5. The minimum atomic E-state index is -1.10. The molecular weight excluding hydrogens is 242 g/mol. The summed E-state index contributed by atoms with van der Waals surface area (Å²) in [6, 6.07) is 0. The van der Waals surface area contributed by atoms with Gasteiger partial charge in [-0.15, -0.1) is 5.10 Å². The Hall–Kier alpha value is -1.50. The van der Waals surface area contributed by atoms with Crippen molar-refractivity contribution >= 4 is 23.4 Å². The highest BCUT2D eigenvalue weighted by Gasteiger charge is 2.46. The van der Waals surface area contributed by atoms with E-state index >= 15 is 0 Å². The Balaban J connectivity index is 2.32. The summed E-state index contributed by atoms with van der Waals surface area (Å²) in [6.45, 7) is 3.76. The van der Waals surface area contributed by atoms with Gasteiger partial charge in [-0.3, -0.25) is 4.79 Å². The molecule has 7 heteroatoms. The van der Waals surface area contributed by atoms with E-state index in [2.05, 4.69) is 9.59 Å². The lowest BCUT2D eigenvalue weighted by Crippen LogP contribution is -2.50. The molecule has 92 valence electrons. The number of hydrogen-bond donors (Lipinski definition) is 1. The van der Waals surface area contributed by atoms with Crippen LogP contribution in [0.2, 0.25) is 0 Å². The molecule has 1 aliphatic heterocycles. The summed E-state index contributed by atoms with van der Waals surface area (Å²) < 4.78 is 3.70. The Bertz CT molecular complexity index is 473. The normalized spacial score (nSPS) is 24.0. The van der Waals surface area contributed by atoms with Crippen LogP contribution in [0.25, 0.3) is 0 Å². The average Bonchev–Trinajstić information content (AvgIpc) is 2.84. The van der Waals surface area contributed by atoms with E-state index < -0.39 is 11.5 Å². The minimum absolute atomic E-state index is 0.278. The number of aromatic nitrogens is 2. The highest BCUT2D eigenvalue weighted by Crippen LogP contribution is 2.31. The first-order valence-electron chi connectivity index (χ1n) is 5.31. The average molecular weight is 255 g/mol. The molecule has 0 spiro atoms. The van der Waals surface area contributed by atoms with Gasteiger partial charge in [-0.25, -0.2) is 4.79 Å². The molecule has 1 aromatic heterocycles. The Labute approximate surface area is 102 Å². The summed E-state index contributed by atoms with van der Waals surface area (Å²) in [5, 5.41) is 13.0. The lowest BCUT2D eigenvalue weighted by Gasteiger charge is -2.30. The second-order valence-corrected chi connectivity index (χ2v) is 5.08. The molecule has 17 heavy (non-hydrogen) atoms. The zero-order chi connectivity index (χ0) is 12.6. The molecule has 0 saturated carbocycles. The molecule has 0 aromatic carbocycles. The van der Waals surface area contributed by atoms with Gasteiger partial charge in [0.15, 0.2) is 0 Å². The van der Waals surface area contributed by atoms with E-state index in [9.17, 15) is 14.7 Å². The number of rotatable bonds is 2. The van der Waals surface area contributed by atoms with Crippen molar-refractivity contribution in [3.8, 4) is 0 Å². The molecule has 1 unspecified atom stereocenters. The number of amides is 1. The van der Waals surface area contributed by atoms with Crippen LogP contribution in [0.15, 0.2) is 0 Å². The van der Waals surface area contributed by atoms with E-state index in [1.807, 2.05) is 0 Å². The summed E-state index contributed by atoms with van der Waals surface area (Å²) in [7, 11) is 0. The van der Waals surface area contributed by atoms with Crippen molar-refractivity contribution in [2.24, 2.45) is 0 Å². The van der Waals surface area contributed by atoms with Crippen molar-refractivity contribution in [1.29, 1.82) is 0 Å². The van der Waals surface area contributed by atoms with Crippen molar-refractivity contribution in [1.82, 2.24) is 14.5 Å². The molecule has 2 rings (SSSR count). The molecule has 1 atom stereocenters. The summed E-state index contributed by atoms with van der Waals surface area (Å²) in [5.41, 5.74) is -0.548. The summed E-state index contributed by atoms with van der Waals surface area (Å²) in [6.07, 6.45) is 1.19. The largest absolute Gasteiger partial charge is 0.480 e. The smallest absolute Gasteiger partial charge is 0.329 e. The fourth-order valence-corrected chi connectivity index (χ4v) is 2.67. The van der Waals surface area contributed by atoms with E-state index in [1.54, 1.807) is 13.8 Å². The van der Waals surface area contributed by atoms with Gasteiger partial charge in [0.25, 0.3) is 5.91 Å². The summed E-state index contributed by atoms with van der Waals surface area (Å²) in [4.78, 5) is 25.4.